The molecule has 1 saturated heterocycles. The first kappa shape index (κ1) is 15.2. The summed E-state index contributed by atoms with van der Waals surface area (Å²) in [7, 11) is 0. The molecular weight excluding hydrogens is 322 g/mol. The first-order valence-corrected chi connectivity index (χ1v) is 7.62. The molecule has 2 aromatic rings. The summed E-state index contributed by atoms with van der Waals surface area (Å²) < 4.78 is 5.03. The average Bonchev–Trinajstić information content (AvgIpc) is 3.18. The van der Waals surface area contributed by atoms with E-state index in [0.717, 1.165) is 6.26 Å². The lowest BCUT2D eigenvalue weighted by Crippen LogP contribution is -2.37. The van der Waals surface area contributed by atoms with Crippen molar-refractivity contribution >= 4 is 34.7 Å². The van der Waals surface area contributed by atoms with Gasteiger partial charge < -0.3 is 9.73 Å². The maximum atomic E-state index is 12.0. The number of hydrogen-bond acceptors (Lipinski definition) is 8. The maximum Gasteiger partial charge on any atom is 0.302 e. The van der Waals surface area contributed by atoms with Crippen LogP contribution >= 0.6 is 11.8 Å². The second-order valence-corrected chi connectivity index (χ2v) is 5.66. The highest BCUT2D eigenvalue weighted by Gasteiger charge is 2.28. The molecule has 2 amide bonds. The highest BCUT2D eigenvalue weighted by atomic mass is 32.2. The number of aromatic nitrogens is 3. The second-order valence-electron chi connectivity index (χ2n) is 4.56. The fourth-order valence-corrected chi connectivity index (χ4v) is 2.80. The third kappa shape index (κ3) is 3.54. The Kier molecular flexibility index (Phi) is 4.33. The molecule has 0 saturated carbocycles. The van der Waals surface area contributed by atoms with Crippen molar-refractivity contribution in [1.29, 1.82) is 0 Å². The Balaban J connectivity index is 1.62. The number of nitrogens with one attached hydrogen (secondary N) is 2. The molecule has 1 atom stereocenters. The van der Waals surface area contributed by atoms with Gasteiger partial charge in [-0.3, -0.25) is 24.7 Å². The molecular formula is C13H11N5O4S. The molecule has 0 radical (unpaired) electrons. The minimum absolute atomic E-state index is 0.0239. The average molecular weight is 333 g/mol. The van der Waals surface area contributed by atoms with E-state index in [1.807, 2.05) is 0 Å². The van der Waals surface area contributed by atoms with Crippen LogP contribution < -0.4 is 10.6 Å². The van der Waals surface area contributed by atoms with Gasteiger partial charge in [-0.2, -0.15) is 4.98 Å². The van der Waals surface area contributed by atoms with Crippen LogP contribution in [0.3, 0.4) is 0 Å². The van der Waals surface area contributed by atoms with Gasteiger partial charge in [-0.1, -0.05) is 11.8 Å². The van der Waals surface area contributed by atoms with Gasteiger partial charge in [0.2, 0.25) is 5.12 Å². The molecule has 10 heteroatoms. The summed E-state index contributed by atoms with van der Waals surface area (Å²) in [4.78, 5) is 46.8. The second kappa shape index (κ2) is 6.57. The third-order valence-corrected chi connectivity index (χ3v) is 4.00. The van der Waals surface area contributed by atoms with Gasteiger partial charge in [0.1, 0.15) is 12.0 Å². The van der Waals surface area contributed by atoms with Crippen LogP contribution in [0.25, 0.3) is 0 Å². The molecule has 9 nitrogen and oxygen atoms in total. The zero-order chi connectivity index (χ0) is 16.2. The number of oxazole rings is 1. The smallest absolute Gasteiger partial charge is 0.302 e. The van der Waals surface area contributed by atoms with Crippen LogP contribution in [0.2, 0.25) is 0 Å². The van der Waals surface area contributed by atoms with Crippen molar-refractivity contribution in [3.8, 4) is 0 Å². The first-order chi connectivity index (χ1) is 11.1. The van der Waals surface area contributed by atoms with Crippen molar-refractivity contribution in [1.82, 2.24) is 20.3 Å². The topological polar surface area (TPSA) is 127 Å². The van der Waals surface area contributed by atoms with Crippen molar-refractivity contribution < 1.29 is 18.8 Å². The van der Waals surface area contributed by atoms with E-state index in [-0.39, 0.29) is 22.5 Å². The van der Waals surface area contributed by atoms with Crippen LogP contribution in [0.1, 0.15) is 27.4 Å². The molecule has 2 aromatic heterocycles. The van der Waals surface area contributed by atoms with Gasteiger partial charge in [0.05, 0.1) is 12.2 Å². The summed E-state index contributed by atoms with van der Waals surface area (Å²) in [6.07, 6.45) is 5.79. The van der Waals surface area contributed by atoms with Crippen molar-refractivity contribution in [3.63, 3.8) is 0 Å². The quantitative estimate of drug-likeness (QED) is 0.827. The summed E-state index contributed by atoms with van der Waals surface area (Å²) in [5.74, 6) is -0.411. The molecule has 3 rings (SSSR count). The third-order valence-electron chi connectivity index (χ3n) is 2.99. The Morgan fingerprint density at radius 3 is 2.83 bits per heavy atom. The predicted octanol–water partition coefficient (Wildman–Crippen LogP) is 0.479. The molecule has 1 unspecified atom stereocenters. The lowest BCUT2D eigenvalue weighted by molar-refractivity contribution is -0.112. The zero-order valence-electron chi connectivity index (χ0n) is 11.7. The summed E-state index contributed by atoms with van der Waals surface area (Å²) in [6, 6.07) is -0.653. The molecule has 2 N–H and O–H groups in total. The predicted molar refractivity (Wildman–Crippen MR) is 79.8 cm³/mol. The SMILES string of the molecule is O=C(Nc1nc(C(=O)NC2CCSC2=O)co1)c1cnccn1. The Labute approximate surface area is 134 Å². The number of carbonyl (C=O) groups excluding carboxylic acids is 3. The monoisotopic (exact) mass is 333 g/mol. The highest BCUT2D eigenvalue weighted by Crippen LogP contribution is 2.20. The molecule has 1 fully saturated rings. The number of hydrogen-bond donors (Lipinski definition) is 2. The Hall–Kier alpha value is -2.75. The fourth-order valence-electron chi connectivity index (χ4n) is 1.87. The number of rotatable bonds is 4. The molecule has 23 heavy (non-hydrogen) atoms. The number of amides is 2. The molecule has 0 bridgehead atoms. The Morgan fingerprint density at radius 1 is 1.26 bits per heavy atom. The van der Waals surface area contributed by atoms with E-state index in [2.05, 4.69) is 25.6 Å². The van der Waals surface area contributed by atoms with Crippen LogP contribution in [0.15, 0.2) is 29.3 Å². The minimum Gasteiger partial charge on any atom is -0.431 e. The van der Waals surface area contributed by atoms with Gasteiger partial charge in [0.25, 0.3) is 11.8 Å². The summed E-state index contributed by atoms with van der Waals surface area (Å²) in [6.45, 7) is 0. The molecule has 0 aliphatic carbocycles. The minimum atomic E-state index is -0.561. The van der Waals surface area contributed by atoms with Gasteiger partial charge in [-0.25, -0.2) is 4.98 Å². The molecule has 0 aromatic carbocycles. The lowest BCUT2D eigenvalue weighted by Gasteiger charge is -2.07. The van der Waals surface area contributed by atoms with E-state index in [1.54, 1.807) is 0 Å². The lowest BCUT2D eigenvalue weighted by atomic mass is 10.2. The van der Waals surface area contributed by atoms with Crippen molar-refractivity contribution in [2.75, 3.05) is 11.1 Å². The van der Waals surface area contributed by atoms with Crippen molar-refractivity contribution in [2.45, 2.75) is 12.5 Å². The standard InChI is InChI=1S/C13H11N5O4S/c19-10(8-5-14-2-3-15-8)18-13-17-9(6-22-13)11(20)16-7-1-4-23-12(7)21/h2-3,5-7H,1,4H2,(H,16,20)(H,17,18,19). The molecule has 0 spiro atoms. The van der Waals surface area contributed by atoms with E-state index in [9.17, 15) is 14.4 Å². The van der Waals surface area contributed by atoms with Gasteiger partial charge in [-0.05, 0) is 6.42 Å². The van der Waals surface area contributed by atoms with Crippen LogP contribution in [0.5, 0.6) is 0 Å². The summed E-state index contributed by atoms with van der Waals surface area (Å²) in [5, 5.41) is 4.87. The number of thioether (sulfide) groups is 1. The van der Waals surface area contributed by atoms with Gasteiger partial charge in [-0.15, -0.1) is 0 Å². The first-order valence-electron chi connectivity index (χ1n) is 6.64. The molecule has 1 aliphatic rings. The van der Waals surface area contributed by atoms with E-state index in [4.69, 9.17) is 4.42 Å². The fraction of sp³-hybridized carbons (Fsp3) is 0.231. The summed E-state index contributed by atoms with van der Waals surface area (Å²) in [5.41, 5.74) is 0.0643. The van der Waals surface area contributed by atoms with E-state index in [1.165, 1.54) is 30.4 Å². The highest BCUT2D eigenvalue weighted by molar-refractivity contribution is 8.14. The van der Waals surface area contributed by atoms with Gasteiger partial charge in [0, 0.05) is 18.1 Å². The molecule has 3 heterocycles. The van der Waals surface area contributed by atoms with Gasteiger partial charge >= 0.3 is 6.01 Å². The van der Waals surface area contributed by atoms with Crippen molar-refractivity contribution in [2.24, 2.45) is 0 Å². The molecule has 118 valence electrons. The van der Waals surface area contributed by atoms with Crippen molar-refractivity contribution in [3.05, 3.63) is 36.2 Å². The number of carbonyl (C=O) groups is 3. The van der Waals surface area contributed by atoms with Crippen LogP contribution in [-0.2, 0) is 4.79 Å². The van der Waals surface area contributed by atoms with Crippen LogP contribution in [0, 0.1) is 0 Å². The van der Waals surface area contributed by atoms with Gasteiger partial charge in [0.15, 0.2) is 5.69 Å². The van der Waals surface area contributed by atoms with E-state index < -0.39 is 17.9 Å². The van der Waals surface area contributed by atoms with E-state index in [0.29, 0.717) is 12.2 Å². The summed E-state index contributed by atoms with van der Waals surface area (Å²) >= 11 is 1.19. The van der Waals surface area contributed by atoms with E-state index >= 15 is 0 Å². The Bertz CT molecular complexity index is 748. The maximum absolute atomic E-state index is 12.0. The molecule has 1 aliphatic heterocycles. The Morgan fingerprint density at radius 2 is 2.13 bits per heavy atom. The largest absolute Gasteiger partial charge is 0.431 e. The zero-order valence-corrected chi connectivity index (χ0v) is 12.5. The van der Waals surface area contributed by atoms with Crippen LogP contribution in [0.4, 0.5) is 6.01 Å². The number of anilines is 1. The van der Waals surface area contributed by atoms with Crippen LogP contribution in [-0.4, -0.2) is 43.7 Å². The number of nitrogens with zero attached hydrogens (tertiary/aromatic N) is 3. The normalized spacial score (nSPS) is 17.0.